The molecule has 0 saturated carbocycles. The van der Waals surface area contributed by atoms with Gasteiger partial charge in [0, 0.05) is 24.8 Å². The second kappa shape index (κ2) is 8.23. The van der Waals surface area contributed by atoms with Gasteiger partial charge < -0.3 is 14.6 Å². The Balaban J connectivity index is 1.32. The second-order valence-electron chi connectivity index (χ2n) is 9.19. The number of nitrogens with one attached hydrogen (secondary N) is 2. The van der Waals surface area contributed by atoms with Crippen LogP contribution in [0.25, 0.3) is 11.1 Å². The third kappa shape index (κ3) is 4.39. The highest BCUT2D eigenvalue weighted by molar-refractivity contribution is 5.73. The van der Waals surface area contributed by atoms with Crippen LogP contribution in [-0.4, -0.2) is 32.7 Å². The minimum absolute atomic E-state index is 0.401. The zero-order valence-electron chi connectivity index (χ0n) is 19.0. The quantitative estimate of drug-likeness (QED) is 0.468. The molecule has 0 aliphatic carbocycles. The molecule has 1 aromatic carbocycles. The van der Waals surface area contributed by atoms with Crippen molar-refractivity contribution < 1.29 is 4.42 Å². The Hall–Kier alpha value is -3.88. The molecule has 9 nitrogen and oxygen atoms in total. The molecule has 0 spiro atoms. The predicted octanol–water partition coefficient (Wildman–Crippen LogP) is 4.33. The molecule has 170 valence electrons. The number of aryl methyl sites for hydroxylation is 1. The molecule has 3 aromatic heterocycles. The predicted molar refractivity (Wildman–Crippen MR) is 129 cm³/mol. The number of anilines is 4. The molecule has 0 radical (unpaired) electrons. The van der Waals surface area contributed by atoms with Crippen molar-refractivity contribution in [2.24, 2.45) is 5.41 Å². The van der Waals surface area contributed by atoms with E-state index in [-0.39, 0.29) is 0 Å². The molecule has 1 aliphatic rings. The Kier molecular flexibility index (Phi) is 5.24. The van der Waals surface area contributed by atoms with E-state index in [4.69, 9.17) is 4.42 Å². The van der Waals surface area contributed by atoms with Crippen LogP contribution < -0.4 is 21.4 Å². The summed E-state index contributed by atoms with van der Waals surface area (Å²) in [6.45, 7) is 8.55. The van der Waals surface area contributed by atoms with Crippen molar-refractivity contribution in [2.75, 3.05) is 28.7 Å². The summed E-state index contributed by atoms with van der Waals surface area (Å²) in [4.78, 5) is 28.2. The molecule has 0 amide bonds. The lowest BCUT2D eigenvalue weighted by atomic mass is 9.83. The van der Waals surface area contributed by atoms with Crippen LogP contribution in [0, 0.1) is 12.3 Å². The number of benzene rings is 1. The summed E-state index contributed by atoms with van der Waals surface area (Å²) >= 11 is 0. The van der Waals surface area contributed by atoms with E-state index in [1.54, 1.807) is 24.5 Å². The van der Waals surface area contributed by atoms with Crippen molar-refractivity contribution in [1.82, 2.24) is 19.6 Å². The maximum Gasteiger partial charge on any atom is 0.439 e. The molecule has 1 saturated heterocycles. The summed E-state index contributed by atoms with van der Waals surface area (Å²) < 4.78 is 6.62. The lowest BCUT2D eigenvalue weighted by molar-refractivity contribution is 0.279. The number of nitrogens with zero attached hydrogens (tertiary/aromatic N) is 5. The van der Waals surface area contributed by atoms with E-state index < -0.39 is 5.76 Å². The third-order valence-electron chi connectivity index (χ3n) is 6.12. The van der Waals surface area contributed by atoms with E-state index in [0.717, 1.165) is 43.0 Å². The van der Waals surface area contributed by atoms with Gasteiger partial charge in [-0.1, -0.05) is 26.0 Å². The van der Waals surface area contributed by atoms with Gasteiger partial charge >= 0.3 is 5.76 Å². The Morgan fingerprint density at radius 2 is 1.82 bits per heavy atom. The molecule has 4 heterocycles. The van der Waals surface area contributed by atoms with Crippen molar-refractivity contribution in [1.29, 1.82) is 0 Å². The van der Waals surface area contributed by atoms with Crippen LogP contribution in [0.4, 0.5) is 23.3 Å². The van der Waals surface area contributed by atoms with Crippen LogP contribution in [-0.2, 0) is 0 Å². The van der Waals surface area contributed by atoms with Crippen molar-refractivity contribution in [3.8, 4) is 0 Å². The lowest BCUT2D eigenvalue weighted by Crippen LogP contribution is -2.37. The molecule has 1 fully saturated rings. The van der Waals surface area contributed by atoms with Gasteiger partial charge in [-0.2, -0.15) is 9.66 Å². The van der Waals surface area contributed by atoms with Crippen LogP contribution in [0.15, 0.2) is 58.0 Å². The highest BCUT2D eigenvalue weighted by Gasteiger charge is 2.25. The first-order chi connectivity index (χ1) is 15.9. The fourth-order valence-electron chi connectivity index (χ4n) is 3.91. The van der Waals surface area contributed by atoms with Gasteiger partial charge in [-0.15, -0.1) is 0 Å². The zero-order valence-corrected chi connectivity index (χ0v) is 19.0. The maximum absolute atomic E-state index is 12.3. The molecule has 9 heteroatoms. The summed E-state index contributed by atoms with van der Waals surface area (Å²) in [6.07, 6.45) is 5.81. The van der Waals surface area contributed by atoms with E-state index in [9.17, 15) is 4.79 Å². The maximum atomic E-state index is 12.3. The highest BCUT2D eigenvalue weighted by Crippen LogP contribution is 2.31. The van der Waals surface area contributed by atoms with E-state index >= 15 is 0 Å². The molecule has 33 heavy (non-hydrogen) atoms. The number of aromatic nitrogens is 4. The van der Waals surface area contributed by atoms with Gasteiger partial charge in [0.25, 0.3) is 0 Å². The fourth-order valence-corrected chi connectivity index (χ4v) is 3.91. The molecule has 2 N–H and O–H groups in total. The van der Waals surface area contributed by atoms with Crippen molar-refractivity contribution in [3.05, 3.63) is 64.9 Å². The van der Waals surface area contributed by atoms with Crippen molar-refractivity contribution in [3.63, 3.8) is 0 Å². The third-order valence-corrected chi connectivity index (χ3v) is 6.12. The number of hydrogen-bond donors (Lipinski definition) is 2. The first-order valence-corrected chi connectivity index (χ1v) is 11.1. The molecule has 4 aromatic rings. The van der Waals surface area contributed by atoms with Crippen LogP contribution in [0.3, 0.4) is 0 Å². The SMILES string of the molecule is Cc1cnc(Nc2ccc(N3CCC(C)(C)CC3)nc2)nc1Nn1c(=O)oc2ccccc21. The van der Waals surface area contributed by atoms with E-state index in [2.05, 4.69) is 44.4 Å². The van der Waals surface area contributed by atoms with Gasteiger partial charge in [0.05, 0.1) is 11.9 Å². The molecule has 5 rings (SSSR count). The van der Waals surface area contributed by atoms with Crippen molar-refractivity contribution >= 4 is 34.4 Å². The zero-order chi connectivity index (χ0) is 23.0. The minimum atomic E-state index is -0.510. The first kappa shape index (κ1) is 21.0. The minimum Gasteiger partial charge on any atom is -0.406 e. The van der Waals surface area contributed by atoms with E-state index in [1.807, 2.05) is 31.2 Å². The number of piperidine rings is 1. The molecule has 1 aliphatic heterocycles. The Morgan fingerprint density at radius 3 is 2.58 bits per heavy atom. The normalized spacial score (nSPS) is 15.5. The molecular weight excluding hydrogens is 418 g/mol. The number of oxazole rings is 1. The number of hydrogen-bond acceptors (Lipinski definition) is 8. The molecule has 0 bridgehead atoms. The monoisotopic (exact) mass is 445 g/mol. The number of para-hydroxylation sites is 2. The summed E-state index contributed by atoms with van der Waals surface area (Å²) in [7, 11) is 0. The molecule has 0 unspecified atom stereocenters. The standard InChI is InChI=1S/C24H27N7O2/c1-16-14-26-22(28-21(16)29-31-18-6-4-5-7-19(18)33-23(31)32)27-17-8-9-20(25-15-17)30-12-10-24(2,3)11-13-30/h4-9,14-15H,10-13H2,1-3H3,(H2,26,27,28,29). The van der Waals surface area contributed by atoms with Crippen LogP contribution in [0.5, 0.6) is 0 Å². The van der Waals surface area contributed by atoms with Gasteiger partial charge in [-0.3, -0.25) is 5.43 Å². The summed E-state index contributed by atoms with van der Waals surface area (Å²) in [6, 6.07) is 11.2. The first-order valence-electron chi connectivity index (χ1n) is 11.1. The van der Waals surface area contributed by atoms with E-state index in [1.165, 1.54) is 4.68 Å². The Bertz CT molecular complexity index is 1330. The van der Waals surface area contributed by atoms with Gasteiger partial charge in [0.15, 0.2) is 11.4 Å². The second-order valence-corrected chi connectivity index (χ2v) is 9.19. The average Bonchev–Trinajstić information content (AvgIpc) is 3.12. The van der Waals surface area contributed by atoms with Gasteiger partial charge in [-0.05, 0) is 49.4 Å². The topological polar surface area (TPSA) is 101 Å². The van der Waals surface area contributed by atoms with Gasteiger partial charge in [-0.25, -0.2) is 14.8 Å². The Morgan fingerprint density at radius 1 is 1.03 bits per heavy atom. The molecule has 0 atom stereocenters. The highest BCUT2D eigenvalue weighted by atomic mass is 16.4. The number of rotatable bonds is 5. The fraction of sp³-hybridized carbons (Fsp3) is 0.333. The van der Waals surface area contributed by atoms with Crippen molar-refractivity contribution in [2.45, 2.75) is 33.6 Å². The average molecular weight is 446 g/mol. The van der Waals surface area contributed by atoms with E-state index in [0.29, 0.717) is 28.3 Å². The summed E-state index contributed by atoms with van der Waals surface area (Å²) in [5.41, 5.74) is 6.17. The lowest BCUT2D eigenvalue weighted by Gasteiger charge is -2.37. The smallest absolute Gasteiger partial charge is 0.406 e. The summed E-state index contributed by atoms with van der Waals surface area (Å²) in [5.74, 6) is 1.37. The van der Waals surface area contributed by atoms with Gasteiger partial charge in [0.1, 0.15) is 11.3 Å². The number of fused-ring (bicyclic) bond motifs is 1. The van der Waals surface area contributed by atoms with Gasteiger partial charge in [0.2, 0.25) is 5.95 Å². The number of pyridine rings is 1. The molecular formula is C24H27N7O2. The summed E-state index contributed by atoms with van der Waals surface area (Å²) in [5, 5.41) is 3.19. The van der Waals surface area contributed by atoms with Crippen LogP contribution in [0.2, 0.25) is 0 Å². The van der Waals surface area contributed by atoms with Crippen LogP contribution >= 0.6 is 0 Å². The van der Waals surface area contributed by atoms with Crippen LogP contribution in [0.1, 0.15) is 32.3 Å². The Labute approximate surface area is 191 Å². The largest absolute Gasteiger partial charge is 0.439 e.